The molecule has 0 bridgehead atoms. The molecule has 0 aromatic heterocycles. The molecular weight excluding hydrogens is 628 g/mol. The first-order valence-electron chi connectivity index (χ1n) is 14.7. The molecule has 0 unspecified atom stereocenters. The van der Waals surface area contributed by atoms with Crippen molar-refractivity contribution in [1.82, 2.24) is 0 Å². The van der Waals surface area contributed by atoms with Crippen molar-refractivity contribution < 1.29 is 38.5 Å². The van der Waals surface area contributed by atoms with Gasteiger partial charge in [-0.15, -0.1) is 0 Å². The van der Waals surface area contributed by atoms with Crippen molar-refractivity contribution in [3.8, 4) is 0 Å². The third-order valence-corrected chi connectivity index (χ3v) is 7.09. The van der Waals surface area contributed by atoms with Crippen LogP contribution in [-0.4, -0.2) is 40.9 Å². The molecule has 0 amide bonds. The van der Waals surface area contributed by atoms with Crippen molar-refractivity contribution in [2.75, 3.05) is 11.9 Å². The number of esters is 3. The Hall–Kier alpha value is -3.20. The number of hydrogen-bond acceptors (Lipinski definition) is 7. The smallest absolute Gasteiger partial charge is 0.308 e. The number of alkyl halides is 1. The number of rotatable bonds is 15. The van der Waals surface area contributed by atoms with Gasteiger partial charge in [0.05, 0.1) is 18.4 Å². The Morgan fingerprint density at radius 3 is 1.41 bits per heavy atom. The summed E-state index contributed by atoms with van der Waals surface area (Å²) in [5, 5.41) is 9.19. The van der Waals surface area contributed by atoms with E-state index in [9.17, 15) is 19.2 Å². The molecule has 0 aliphatic carbocycles. The van der Waals surface area contributed by atoms with Crippen molar-refractivity contribution in [2.45, 2.75) is 87.9 Å². The topological polar surface area (TPSA) is 116 Å². The fourth-order valence-corrected chi connectivity index (χ4v) is 3.19. The highest BCUT2D eigenvalue weighted by molar-refractivity contribution is 9.09. The van der Waals surface area contributed by atoms with Gasteiger partial charge in [-0.2, -0.15) is 0 Å². The first-order chi connectivity index (χ1) is 20.4. The van der Waals surface area contributed by atoms with Crippen LogP contribution in [0.3, 0.4) is 0 Å². The second-order valence-corrected chi connectivity index (χ2v) is 11.6. The van der Waals surface area contributed by atoms with Gasteiger partial charge >= 0.3 is 23.9 Å². The minimum absolute atomic E-state index is 0. The predicted octanol–water partition coefficient (Wildman–Crippen LogP) is 8.25. The lowest BCUT2D eigenvalue weighted by molar-refractivity contribution is -0.151. The molecule has 1 N–H and O–H groups in total. The number of carboxylic acids is 1. The van der Waals surface area contributed by atoms with Crippen LogP contribution in [-0.2, 0) is 46.6 Å². The predicted molar refractivity (Wildman–Crippen MR) is 178 cm³/mol. The van der Waals surface area contributed by atoms with E-state index in [0.29, 0.717) is 19.4 Å². The highest BCUT2D eigenvalue weighted by atomic mass is 79.9. The summed E-state index contributed by atoms with van der Waals surface area (Å²) >= 11 is 3.27. The van der Waals surface area contributed by atoms with Crippen molar-refractivity contribution in [3.63, 3.8) is 0 Å². The van der Waals surface area contributed by atoms with Gasteiger partial charge in [0.2, 0.25) is 0 Å². The summed E-state index contributed by atoms with van der Waals surface area (Å²) < 4.78 is 15.3. The summed E-state index contributed by atoms with van der Waals surface area (Å²) in [6.07, 6.45) is 2.06. The normalized spacial score (nSPS) is 11.4. The van der Waals surface area contributed by atoms with Gasteiger partial charge in [-0.1, -0.05) is 126 Å². The maximum Gasteiger partial charge on any atom is 0.308 e. The number of carbonyl (C=O) groups is 4. The van der Waals surface area contributed by atoms with Crippen LogP contribution in [0.1, 0.15) is 85.8 Å². The average molecular weight is 682 g/mol. The van der Waals surface area contributed by atoms with Gasteiger partial charge in [0.15, 0.2) is 0 Å². The van der Waals surface area contributed by atoms with E-state index in [0.717, 1.165) is 22.9 Å². The molecule has 2 rings (SSSR count). The van der Waals surface area contributed by atoms with Crippen LogP contribution in [0.4, 0.5) is 0 Å². The van der Waals surface area contributed by atoms with E-state index in [4.69, 9.17) is 19.3 Å². The van der Waals surface area contributed by atoms with Gasteiger partial charge in [-0.05, 0) is 35.8 Å². The fraction of sp³-hybridized carbons (Fsp3) is 0.543. The number of aliphatic carboxylic acids is 1. The van der Waals surface area contributed by atoms with E-state index >= 15 is 0 Å². The zero-order valence-corrected chi connectivity index (χ0v) is 28.0. The van der Waals surface area contributed by atoms with Gasteiger partial charge in [0.1, 0.15) is 13.2 Å². The average Bonchev–Trinajstić information content (AvgIpc) is 3.00. The van der Waals surface area contributed by atoms with E-state index in [2.05, 4.69) is 15.9 Å². The van der Waals surface area contributed by atoms with Crippen molar-refractivity contribution in [3.05, 3.63) is 71.8 Å². The summed E-state index contributed by atoms with van der Waals surface area (Å²) in [5.74, 6) is -1.14. The van der Waals surface area contributed by atoms with Crippen LogP contribution in [0.5, 0.6) is 0 Å². The number of hydrogen-bond donors (Lipinski definition) is 1. The Kier molecular flexibility index (Phi) is 25.6. The third-order valence-electron chi connectivity index (χ3n) is 6.53. The van der Waals surface area contributed by atoms with Crippen LogP contribution in [0, 0.1) is 23.7 Å². The summed E-state index contributed by atoms with van der Waals surface area (Å²) in [4.78, 5) is 44.4. The quantitative estimate of drug-likeness (QED) is 0.0865. The minimum Gasteiger partial charge on any atom is -0.481 e. The number of carboxylic acid groups (broad SMARTS) is 1. The van der Waals surface area contributed by atoms with E-state index in [1.165, 1.54) is 0 Å². The first kappa shape index (κ1) is 42.9. The summed E-state index contributed by atoms with van der Waals surface area (Å²) in [6.45, 7) is 12.2. The Balaban J connectivity index is 0. The van der Waals surface area contributed by atoms with Crippen LogP contribution in [0.15, 0.2) is 60.7 Å². The largest absolute Gasteiger partial charge is 0.481 e. The molecule has 0 radical (unpaired) electrons. The number of benzene rings is 2. The molecule has 9 heteroatoms. The van der Waals surface area contributed by atoms with Crippen LogP contribution in [0.25, 0.3) is 0 Å². The molecule has 0 heterocycles. The summed E-state index contributed by atoms with van der Waals surface area (Å²) in [7, 11) is 0. The molecule has 2 aromatic carbocycles. The zero-order valence-electron chi connectivity index (χ0n) is 26.4. The van der Waals surface area contributed by atoms with Gasteiger partial charge in [-0.25, -0.2) is 0 Å². The van der Waals surface area contributed by atoms with Gasteiger partial charge in [-0.3, -0.25) is 19.2 Å². The van der Waals surface area contributed by atoms with Crippen molar-refractivity contribution in [1.29, 1.82) is 0 Å². The van der Waals surface area contributed by atoms with Crippen LogP contribution >= 0.6 is 15.9 Å². The SMILES string of the molecule is C.CC(C)[C@H](C)C(=O)O.CC(C)[C@H](C)C(=O)OCCCC(=O)OCc1ccccc1.O=C(CCCBr)OCc1ccccc1. The van der Waals surface area contributed by atoms with Crippen molar-refractivity contribution in [2.24, 2.45) is 23.7 Å². The van der Waals surface area contributed by atoms with Crippen LogP contribution in [0.2, 0.25) is 0 Å². The van der Waals surface area contributed by atoms with E-state index < -0.39 is 5.97 Å². The minimum atomic E-state index is -0.708. The molecule has 0 aliphatic heterocycles. The van der Waals surface area contributed by atoms with Crippen molar-refractivity contribution >= 4 is 39.8 Å². The fourth-order valence-electron chi connectivity index (χ4n) is 2.91. The van der Waals surface area contributed by atoms with E-state index in [1.54, 1.807) is 6.92 Å². The molecule has 0 fully saturated rings. The molecule has 2 aromatic rings. The Morgan fingerprint density at radius 2 is 1.07 bits per heavy atom. The second-order valence-electron chi connectivity index (χ2n) is 10.8. The standard InChI is InChI=1S/C17H24O4.C11H13BrO2.C6H12O2.CH4/c1-13(2)14(3)17(19)20-11-7-10-16(18)21-12-15-8-5-4-6-9-15;12-8-4-7-11(13)14-9-10-5-2-1-3-6-10;1-4(2)5(3)6(7)8;/h4-6,8-9,13-14H,7,10-12H2,1-3H3;1-3,5-6H,4,7-9H2;4-5H,1-3H3,(H,7,8);1H4/t14-;;5-;/m0.0./s1. The zero-order chi connectivity index (χ0) is 32.6. The molecule has 248 valence electrons. The Bertz CT molecular complexity index is 1040. The molecular formula is C35H53BrO8. The molecule has 2 atom stereocenters. The maximum atomic E-state index is 11.6. The highest BCUT2D eigenvalue weighted by Gasteiger charge is 2.18. The van der Waals surface area contributed by atoms with Gasteiger partial charge < -0.3 is 19.3 Å². The van der Waals surface area contributed by atoms with E-state index in [-0.39, 0.29) is 68.6 Å². The molecule has 0 spiro atoms. The van der Waals surface area contributed by atoms with Crippen LogP contribution < -0.4 is 0 Å². The molecule has 44 heavy (non-hydrogen) atoms. The first-order valence-corrected chi connectivity index (χ1v) is 15.9. The maximum absolute atomic E-state index is 11.6. The number of carbonyl (C=O) groups excluding carboxylic acids is 3. The molecule has 0 aliphatic rings. The molecule has 0 saturated heterocycles. The van der Waals surface area contributed by atoms with E-state index in [1.807, 2.05) is 95.3 Å². The third kappa shape index (κ3) is 22.4. The molecule has 0 saturated carbocycles. The lowest BCUT2D eigenvalue weighted by Gasteiger charge is -2.14. The van der Waals surface area contributed by atoms with Gasteiger partial charge in [0.25, 0.3) is 0 Å². The second kappa shape index (κ2) is 26.2. The summed E-state index contributed by atoms with van der Waals surface area (Å²) in [6, 6.07) is 19.2. The lowest BCUT2D eigenvalue weighted by Crippen LogP contribution is -2.20. The number of ether oxygens (including phenoxy) is 3. The summed E-state index contributed by atoms with van der Waals surface area (Å²) in [5.41, 5.74) is 1.99. The monoisotopic (exact) mass is 680 g/mol. The molecule has 8 nitrogen and oxygen atoms in total. The number of halogens is 1. The van der Waals surface area contributed by atoms with Gasteiger partial charge in [0, 0.05) is 18.2 Å². The highest BCUT2D eigenvalue weighted by Crippen LogP contribution is 2.12. The Morgan fingerprint density at radius 1 is 0.659 bits per heavy atom. The Labute approximate surface area is 273 Å². The lowest BCUT2D eigenvalue weighted by atomic mass is 9.99.